The fourth-order valence-electron chi connectivity index (χ4n) is 3.72. The van der Waals surface area contributed by atoms with Crippen molar-refractivity contribution in [3.63, 3.8) is 0 Å². The first-order valence-electron chi connectivity index (χ1n) is 9.97. The molecule has 2 atom stereocenters. The molecule has 4 nitrogen and oxygen atoms in total. The molecule has 2 amide bonds. The number of hydrogen-bond acceptors (Lipinski definition) is 2. The van der Waals surface area contributed by atoms with Gasteiger partial charge < -0.3 is 10.2 Å². The van der Waals surface area contributed by atoms with Crippen molar-refractivity contribution < 1.29 is 18.4 Å². The predicted molar refractivity (Wildman–Crippen MR) is 131 cm³/mol. The highest BCUT2D eigenvalue weighted by molar-refractivity contribution is 6.53. The smallest absolute Gasteiger partial charge is 0.259 e. The average Bonchev–Trinajstić information content (AvgIpc) is 3.38. The summed E-state index contributed by atoms with van der Waals surface area (Å²) in [6.45, 7) is 0. The lowest BCUT2D eigenvalue weighted by Gasteiger charge is -2.18. The van der Waals surface area contributed by atoms with E-state index in [9.17, 15) is 18.4 Å². The van der Waals surface area contributed by atoms with Crippen molar-refractivity contribution in [2.75, 3.05) is 17.3 Å². The maximum Gasteiger partial charge on any atom is 0.259 e. The number of carbonyl (C=O) groups is 2. The van der Waals surface area contributed by atoms with Gasteiger partial charge in [0.2, 0.25) is 5.91 Å². The molecule has 0 aliphatic heterocycles. The number of carbonyl (C=O) groups excluding carboxylic acids is 2. The van der Waals surface area contributed by atoms with Gasteiger partial charge in [0.05, 0.1) is 21.5 Å². The van der Waals surface area contributed by atoms with Gasteiger partial charge in [-0.25, -0.2) is 8.78 Å². The molecule has 1 N–H and O–H groups in total. The van der Waals surface area contributed by atoms with E-state index in [1.54, 1.807) is 6.07 Å². The summed E-state index contributed by atoms with van der Waals surface area (Å²) in [5.74, 6) is -3.52. The number of halogens is 6. The summed E-state index contributed by atoms with van der Waals surface area (Å²) in [6, 6.07) is 13.9. The Balaban J connectivity index is 1.53. The van der Waals surface area contributed by atoms with E-state index in [2.05, 4.69) is 5.32 Å². The molecule has 0 spiro atoms. The van der Waals surface area contributed by atoms with Crippen LogP contribution in [0.15, 0.2) is 60.7 Å². The summed E-state index contributed by atoms with van der Waals surface area (Å²) in [5, 5.41) is 2.80. The first-order chi connectivity index (χ1) is 16.0. The van der Waals surface area contributed by atoms with Crippen LogP contribution in [0.25, 0.3) is 0 Å². The van der Waals surface area contributed by atoms with E-state index in [1.165, 1.54) is 66.5 Å². The summed E-state index contributed by atoms with van der Waals surface area (Å²) in [5.41, 5.74) is 1.32. The summed E-state index contributed by atoms with van der Waals surface area (Å²) in [4.78, 5) is 27.2. The van der Waals surface area contributed by atoms with Gasteiger partial charge in [0.1, 0.15) is 16.0 Å². The molecule has 3 aromatic rings. The van der Waals surface area contributed by atoms with Crippen molar-refractivity contribution in [2.45, 2.75) is 10.3 Å². The van der Waals surface area contributed by atoms with Crippen molar-refractivity contribution in [1.29, 1.82) is 0 Å². The molecule has 3 aromatic carbocycles. The number of nitrogens with one attached hydrogen (secondary N) is 1. The third-order valence-electron chi connectivity index (χ3n) is 5.62. The average molecular weight is 544 g/mol. The van der Waals surface area contributed by atoms with Crippen molar-refractivity contribution >= 4 is 69.6 Å². The molecule has 0 aromatic heterocycles. The van der Waals surface area contributed by atoms with Crippen LogP contribution >= 0.6 is 46.4 Å². The van der Waals surface area contributed by atoms with Crippen LogP contribution in [0.3, 0.4) is 0 Å². The number of benzene rings is 3. The summed E-state index contributed by atoms with van der Waals surface area (Å²) in [7, 11) is 1.52. The highest BCUT2D eigenvalue weighted by atomic mass is 35.5. The largest absolute Gasteiger partial charge is 0.326 e. The number of nitrogens with zero attached hydrogens (tertiary/aromatic N) is 1. The Morgan fingerprint density at radius 1 is 0.941 bits per heavy atom. The summed E-state index contributed by atoms with van der Waals surface area (Å²) >= 11 is 24.6. The zero-order valence-corrected chi connectivity index (χ0v) is 20.5. The highest BCUT2D eigenvalue weighted by Gasteiger charge is 2.67. The second kappa shape index (κ2) is 9.34. The van der Waals surface area contributed by atoms with Gasteiger partial charge >= 0.3 is 0 Å². The first kappa shape index (κ1) is 24.7. The second-order valence-corrected chi connectivity index (χ2v) is 10.1. The van der Waals surface area contributed by atoms with Crippen LogP contribution in [0.4, 0.5) is 20.2 Å². The van der Waals surface area contributed by atoms with Crippen molar-refractivity contribution in [1.82, 2.24) is 0 Å². The Kier molecular flexibility index (Phi) is 6.80. The lowest BCUT2D eigenvalue weighted by atomic mass is 10.1. The lowest BCUT2D eigenvalue weighted by molar-refractivity contribution is -0.117. The van der Waals surface area contributed by atoms with Gasteiger partial charge in [-0.05, 0) is 60.2 Å². The van der Waals surface area contributed by atoms with Crippen LogP contribution in [-0.2, 0) is 4.79 Å². The molecular formula is C24H16Cl4F2N2O2. The van der Waals surface area contributed by atoms with Gasteiger partial charge in [0, 0.05) is 24.3 Å². The minimum Gasteiger partial charge on any atom is -0.326 e. The predicted octanol–water partition coefficient (Wildman–Crippen LogP) is 7.07. The fraction of sp³-hybridized carbons (Fsp3) is 0.167. The maximum absolute atomic E-state index is 13.9. The SMILES string of the molecule is CN(C(=O)c1cc(NC(=O)[C@@H]2[C@@H](c3ccc(Cl)c(F)c3)C2(Cl)Cl)ccc1Cl)c1ccc(F)cc1. The monoisotopic (exact) mass is 542 g/mol. The lowest BCUT2D eigenvalue weighted by Crippen LogP contribution is -2.26. The summed E-state index contributed by atoms with van der Waals surface area (Å²) < 4.78 is 25.6. The Hall–Kier alpha value is -2.38. The van der Waals surface area contributed by atoms with E-state index in [0.717, 1.165) is 0 Å². The van der Waals surface area contributed by atoms with Crippen LogP contribution in [0.1, 0.15) is 21.8 Å². The molecule has 1 aliphatic rings. The van der Waals surface area contributed by atoms with E-state index in [1.807, 2.05) is 0 Å². The molecular weight excluding hydrogens is 528 g/mol. The molecule has 1 saturated carbocycles. The topological polar surface area (TPSA) is 49.4 Å². The second-order valence-electron chi connectivity index (χ2n) is 7.83. The third-order valence-corrected chi connectivity index (χ3v) is 7.20. The van der Waals surface area contributed by atoms with Crippen LogP contribution < -0.4 is 10.2 Å². The molecule has 0 bridgehead atoms. The number of alkyl halides is 2. The minimum atomic E-state index is -1.43. The number of rotatable bonds is 5. The molecule has 10 heteroatoms. The van der Waals surface area contributed by atoms with E-state index < -0.39 is 39.6 Å². The maximum atomic E-state index is 13.9. The minimum absolute atomic E-state index is 0.0517. The van der Waals surface area contributed by atoms with Gasteiger partial charge in [-0.15, -0.1) is 23.2 Å². The van der Waals surface area contributed by atoms with Gasteiger partial charge in [-0.1, -0.05) is 29.3 Å². The van der Waals surface area contributed by atoms with Crippen molar-refractivity contribution in [3.05, 3.63) is 93.5 Å². The molecule has 0 heterocycles. The van der Waals surface area contributed by atoms with Gasteiger partial charge in [-0.3, -0.25) is 9.59 Å². The number of amides is 2. The van der Waals surface area contributed by atoms with Crippen molar-refractivity contribution in [3.8, 4) is 0 Å². The van der Waals surface area contributed by atoms with Gasteiger partial charge in [0.15, 0.2) is 0 Å². The van der Waals surface area contributed by atoms with E-state index in [-0.39, 0.29) is 15.6 Å². The van der Waals surface area contributed by atoms with Crippen LogP contribution in [0, 0.1) is 17.6 Å². The molecule has 0 unspecified atom stereocenters. The van der Waals surface area contributed by atoms with E-state index in [4.69, 9.17) is 46.4 Å². The van der Waals surface area contributed by atoms with Crippen LogP contribution in [0.5, 0.6) is 0 Å². The molecule has 1 fully saturated rings. The normalized spacial score (nSPS) is 18.3. The quantitative estimate of drug-likeness (QED) is 0.350. The first-order valence-corrected chi connectivity index (χ1v) is 11.5. The molecule has 4 rings (SSSR count). The van der Waals surface area contributed by atoms with E-state index in [0.29, 0.717) is 16.9 Å². The molecule has 0 radical (unpaired) electrons. The standard InChI is InChI=1S/C24H16Cl4F2N2O2/c1-32(15-6-3-13(29)4-7-15)23(34)16-11-14(5-9-17(16)25)31-22(33)21-20(24(21,27)28)12-2-8-18(26)19(30)10-12/h2-11,20-21H,1H3,(H,31,33)/t20-,21+/m1/s1. The fourth-order valence-corrected chi connectivity index (χ4v) is 4.87. The Bertz CT molecular complexity index is 1280. The number of hydrogen-bond donors (Lipinski definition) is 1. The number of anilines is 2. The van der Waals surface area contributed by atoms with Crippen LogP contribution in [-0.4, -0.2) is 23.2 Å². The third kappa shape index (κ3) is 4.73. The highest BCUT2D eigenvalue weighted by Crippen LogP contribution is 2.65. The van der Waals surface area contributed by atoms with Crippen molar-refractivity contribution in [2.24, 2.45) is 5.92 Å². The molecule has 34 heavy (non-hydrogen) atoms. The zero-order valence-electron chi connectivity index (χ0n) is 17.5. The Labute approximate surface area is 214 Å². The molecule has 1 aliphatic carbocycles. The molecule has 0 saturated heterocycles. The zero-order chi connectivity index (χ0) is 24.8. The van der Waals surface area contributed by atoms with E-state index >= 15 is 0 Å². The Morgan fingerprint density at radius 3 is 2.24 bits per heavy atom. The van der Waals surface area contributed by atoms with Gasteiger partial charge in [0.25, 0.3) is 5.91 Å². The Morgan fingerprint density at radius 2 is 1.59 bits per heavy atom. The van der Waals surface area contributed by atoms with Crippen LogP contribution in [0.2, 0.25) is 10.0 Å². The molecule has 176 valence electrons. The summed E-state index contributed by atoms with van der Waals surface area (Å²) in [6.07, 6.45) is 0. The van der Waals surface area contributed by atoms with Gasteiger partial charge in [-0.2, -0.15) is 0 Å².